The summed E-state index contributed by atoms with van der Waals surface area (Å²) >= 11 is 0. The van der Waals surface area contributed by atoms with Crippen LogP contribution in [0.15, 0.2) is 109 Å². The van der Waals surface area contributed by atoms with Crippen molar-refractivity contribution in [2.45, 2.75) is 354 Å². The lowest BCUT2D eigenvalue weighted by Gasteiger charge is -2.26. The molecular formula is C83H145NO8. The number of carboxylic acids is 1. The smallest absolute Gasteiger partial charge is 0.306 e. The van der Waals surface area contributed by atoms with Crippen molar-refractivity contribution in [3.8, 4) is 0 Å². The first-order chi connectivity index (χ1) is 45.1. The maximum Gasteiger partial charge on any atom is 0.306 e. The van der Waals surface area contributed by atoms with E-state index in [4.69, 9.17) is 18.9 Å². The lowest BCUT2D eigenvalue weighted by atomic mass is 10.0. The first-order valence-electron chi connectivity index (χ1n) is 38.5. The van der Waals surface area contributed by atoms with Gasteiger partial charge in [-0.1, -0.05) is 354 Å². The Balaban J connectivity index is 4.10. The van der Waals surface area contributed by atoms with Crippen molar-refractivity contribution in [1.82, 2.24) is 0 Å². The number of likely N-dealkylation sites (N-methyl/N-ethyl adjacent to an activating group) is 1. The fourth-order valence-electron chi connectivity index (χ4n) is 10.9. The third kappa shape index (κ3) is 73.4. The van der Waals surface area contributed by atoms with E-state index in [9.17, 15) is 19.5 Å². The highest BCUT2D eigenvalue weighted by Crippen LogP contribution is 2.19. The number of aliphatic carboxylic acids is 1. The zero-order valence-corrected chi connectivity index (χ0v) is 60.7. The molecule has 2 unspecified atom stereocenters. The third-order valence-electron chi connectivity index (χ3n) is 16.8. The normalized spacial score (nSPS) is 13.3. The van der Waals surface area contributed by atoms with Gasteiger partial charge in [0.05, 0.1) is 40.3 Å². The monoisotopic (exact) mass is 1280 g/mol. The van der Waals surface area contributed by atoms with Gasteiger partial charge in [-0.15, -0.1) is 0 Å². The molecule has 0 radical (unpaired) electrons. The third-order valence-corrected chi connectivity index (χ3v) is 16.8. The number of esters is 2. The van der Waals surface area contributed by atoms with E-state index in [1.165, 1.54) is 212 Å². The molecule has 0 saturated carbocycles. The highest BCUT2D eigenvalue weighted by atomic mass is 16.7. The number of carboxylic acid groups (broad SMARTS) is 1. The zero-order valence-electron chi connectivity index (χ0n) is 60.7. The summed E-state index contributed by atoms with van der Waals surface area (Å²) < 4.78 is 22.8. The molecular weight excluding hydrogens is 1140 g/mol. The SMILES string of the molecule is CC/C=C\C/C=C\C/C=C\C/C=C\C/C=C\C/C=C\C/C=C\C/C=C\C/C=C\CCCCCC(=O)OC(COC(=O)CCCCCCCCCCCCCCCCCCCCCCCCCCCCCCCCCCCCCC)COC(OCC[N+](C)(C)C)C(=O)[O-]. The minimum atomic E-state index is -1.64. The Morgan fingerprint density at radius 2 is 0.620 bits per heavy atom. The van der Waals surface area contributed by atoms with Crippen LogP contribution in [0.5, 0.6) is 0 Å². The van der Waals surface area contributed by atoms with Crippen molar-refractivity contribution in [3.05, 3.63) is 109 Å². The Hall–Kier alpha value is -4.05. The molecule has 0 aliphatic heterocycles. The average Bonchev–Trinajstić information content (AvgIpc) is 3.70. The van der Waals surface area contributed by atoms with Gasteiger partial charge in [-0.25, -0.2) is 0 Å². The standard InChI is InChI=1S/C83H145NO8/c1-6-8-10-12-14-16-18-20-22-24-26-28-30-32-34-36-38-39-40-41-42-44-45-47-49-51-53-55-57-59-61-63-65-67-69-71-73-80(85)90-77-79(78-91-83(82(87)88)89-76-75-84(3,4)5)92-81(86)74-72-70-68-66-64-62-60-58-56-54-52-50-48-46-43-37-35-33-31-29-27-25-23-21-19-17-15-13-11-9-7-2/h9,11,15,17,21,23,27,29,33,35,43,46,50,52,56,58,62,64,79,83H,6-8,10,12-14,16,18-20,22,24-26,28,30-32,34,36-42,44-45,47-49,51,53-55,57,59-61,63,65-78H2,1-5H3/b11-9-,17-15-,23-21-,29-27-,35-33-,46-43-,52-50-,58-56-,64-62-. The molecule has 0 N–H and O–H groups in total. The number of carbonyl (C=O) groups excluding carboxylic acids is 3. The molecule has 9 nitrogen and oxygen atoms in total. The van der Waals surface area contributed by atoms with E-state index in [1.807, 2.05) is 21.1 Å². The number of nitrogens with zero attached hydrogens (tertiary/aromatic N) is 1. The summed E-state index contributed by atoms with van der Waals surface area (Å²) in [5.74, 6) is -2.32. The van der Waals surface area contributed by atoms with E-state index >= 15 is 0 Å². The summed E-state index contributed by atoms with van der Waals surface area (Å²) in [6.45, 7) is 4.63. The van der Waals surface area contributed by atoms with Crippen LogP contribution < -0.4 is 5.11 Å². The Bertz CT molecular complexity index is 1880. The van der Waals surface area contributed by atoms with Crippen molar-refractivity contribution in [2.75, 3.05) is 47.5 Å². The highest BCUT2D eigenvalue weighted by Gasteiger charge is 2.22. The number of unbranched alkanes of at least 4 members (excludes halogenated alkanes) is 38. The Morgan fingerprint density at radius 1 is 0.337 bits per heavy atom. The van der Waals surface area contributed by atoms with Gasteiger partial charge < -0.3 is 33.3 Å². The van der Waals surface area contributed by atoms with E-state index in [0.29, 0.717) is 17.4 Å². The van der Waals surface area contributed by atoms with Gasteiger partial charge in [-0.3, -0.25) is 9.59 Å². The molecule has 0 saturated heterocycles. The van der Waals surface area contributed by atoms with E-state index in [2.05, 4.69) is 123 Å². The fourth-order valence-corrected chi connectivity index (χ4v) is 10.9. The van der Waals surface area contributed by atoms with Gasteiger partial charge in [-0.05, 0) is 83.5 Å². The molecule has 0 aromatic rings. The summed E-state index contributed by atoms with van der Waals surface area (Å²) in [4.78, 5) is 37.5. The number of ether oxygens (including phenoxy) is 4. The Labute approximate surface area is 568 Å². The lowest BCUT2D eigenvalue weighted by molar-refractivity contribution is -0.870. The van der Waals surface area contributed by atoms with Crippen LogP contribution in [0.1, 0.15) is 341 Å². The Kier molecular flexibility index (Phi) is 69.6. The summed E-state index contributed by atoms with van der Waals surface area (Å²) in [5.41, 5.74) is 0. The van der Waals surface area contributed by atoms with Gasteiger partial charge in [-0.2, -0.15) is 0 Å². The van der Waals surface area contributed by atoms with Crippen LogP contribution in [0.2, 0.25) is 0 Å². The highest BCUT2D eigenvalue weighted by molar-refractivity contribution is 5.70. The molecule has 0 rings (SSSR count). The van der Waals surface area contributed by atoms with Gasteiger partial charge in [0.15, 0.2) is 12.4 Å². The topological polar surface area (TPSA) is 111 Å². The summed E-state index contributed by atoms with van der Waals surface area (Å²) in [6, 6.07) is 0. The van der Waals surface area contributed by atoms with E-state index in [0.717, 1.165) is 96.3 Å². The van der Waals surface area contributed by atoms with Crippen LogP contribution in [0.3, 0.4) is 0 Å². The second kappa shape index (κ2) is 72.8. The molecule has 0 amide bonds. The second-order valence-corrected chi connectivity index (χ2v) is 26.9. The quantitative estimate of drug-likeness (QED) is 0.0195. The van der Waals surface area contributed by atoms with E-state index < -0.39 is 24.3 Å². The predicted molar refractivity (Wildman–Crippen MR) is 394 cm³/mol. The fraction of sp³-hybridized carbons (Fsp3) is 0.747. The minimum absolute atomic E-state index is 0.137. The molecule has 0 aliphatic rings. The van der Waals surface area contributed by atoms with Crippen LogP contribution >= 0.6 is 0 Å². The van der Waals surface area contributed by atoms with Crippen molar-refractivity contribution < 1.29 is 42.9 Å². The van der Waals surface area contributed by atoms with Gasteiger partial charge >= 0.3 is 11.9 Å². The maximum absolute atomic E-state index is 12.9. The van der Waals surface area contributed by atoms with Crippen molar-refractivity contribution in [1.29, 1.82) is 0 Å². The molecule has 0 heterocycles. The lowest BCUT2D eigenvalue weighted by Crippen LogP contribution is -2.44. The van der Waals surface area contributed by atoms with Gasteiger partial charge in [0.25, 0.3) is 0 Å². The molecule has 0 aliphatic carbocycles. The number of rotatable bonds is 71. The van der Waals surface area contributed by atoms with Crippen LogP contribution in [0.4, 0.5) is 0 Å². The molecule has 0 bridgehead atoms. The van der Waals surface area contributed by atoms with E-state index in [-0.39, 0.29) is 38.6 Å². The predicted octanol–water partition coefficient (Wildman–Crippen LogP) is 23.2. The molecule has 9 heteroatoms. The molecule has 0 aromatic carbocycles. The first-order valence-corrected chi connectivity index (χ1v) is 38.5. The van der Waals surface area contributed by atoms with Crippen LogP contribution in [-0.2, 0) is 33.3 Å². The molecule has 0 aromatic heterocycles. The van der Waals surface area contributed by atoms with Gasteiger partial charge in [0.2, 0.25) is 0 Å². The number of carbonyl (C=O) groups is 3. The average molecular weight is 1290 g/mol. The van der Waals surface area contributed by atoms with Crippen molar-refractivity contribution in [2.24, 2.45) is 0 Å². The largest absolute Gasteiger partial charge is 0.545 e. The van der Waals surface area contributed by atoms with Gasteiger partial charge in [0.1, 0.15) is 13.2 Å². The number of quaternary nitrogens is 1. The van der Waals surface area contributed by atoms with Crippen molar-refractivity contribution in [3.63, 3.8) is 0 Å². The molecule has 2 atom stereocenters. The zero-order chi connectivity index (χ0) is 66.8. The van der Waals surface area contributed by atoms with Crippen LogP contribution in [-0.4, -0.2) is 82.3 Å². The molecule has 92 heavy (non-hydrogen) atoms. The second-order valence-electron chi connectivity index (χ2n) is 26.9. The molecule has 0 fully saturated rings. The summed E-state index contributed by atoms with van der Waals surface area (Å²) in [5, 5.41) is 11.8. The number of allylic oxidation sites excluding steroid dienone is 18. The number of hydrogen-bond donors (Lipinski definition) is 0. The summed E-state index contributed by atoms with van der Waals surface area (Å²) in [7, 11) is 5.92. The number of hydrogen-bond acceptors (Lipinski definition) is 8. The van der Waals surface area contributed by atoms with Crippen molar-refractivity contribution >= 4 is 17.9 Å². The molecule has 0 spiro atoms. The first kappa shape index (κ1) is 88.0. The van der Waals surface area contributed by atoms with Crippen LogP contribution in [0, 0.1) is 0 Å². The van der Waals surface area contributed by atoms with E-state index in [1.54, 1.807) is 0 Å². The minimum Gasteiger partial charge on any atom is -0.545 e. The van der Waals surface area contributed by atoms with Gasteiger partial charge in [0, 0.05) is 12.8 Å². The molecule has 530 valence electrons. The summed E-state index contributed by atoms with van der Waals surface area (Å²) in [6.07, 6.45) is 99.3. The Morgan fingerprint density at radius 3 is 0.924 bits per heavy atom. The van der Waals surface area contributed by atoms with Crippen LogP contribution in [0.25, 0.3) is 0 Å². The maximum atomic E-state index is 12.9.